The first-order valence-corrected chi connectivity index (χ1v) is 16.3. The van der Waals surface area contributed by atoms with E-state index in [0.29, 0.717) is 34.6 Å². The van der Waals surface area contributed by atoms with Crippen LogP contribution in [0.15, 0.2) is 48.2 Å². The molecule has 0 aromatic heterocycles. The van der Waals surface area contributed by atoms with Gasteiger partial charge in [0, 0.05) is 41.9 Å². The minimum Gasteiger partial charge on any atom is -0.488 e. The molecule has 2 amide bonds. The fourth-order valence-corrected chi connectivity index (χ4v) is 6.07. The van der Waals surface area contributed by atoms with Gasteiger partial charge < -0.3 is 38.2 Å². The van der Waals surface area contributed by atoms with Gasteiger partial charge in [0.15, 0.2) is 23.0 Å². The van der Waals surface area contributed by atoms with E-state index in [1.54, 1.807) is 50.1 Å². The third-order valence-electron chi connectivity index (χ3n) is 8.85. The van der Waals surface area contributed by atoms with Crippen LogP contribution in [0.5, 0.6) is 5.75 Å². The standard InChI is InChI=1S/C34H43N4O7.C2H6.U/c1-9-21(2)26-11-10-12-28-27(26)19-36(45-28)38(41)34(6)20-44-29(22-13-15-23(16-14-22)31(39)35-33(3,4)5)30(43-8)32(40)37(34)24-17-25(18-24)42-7;1-2;/h10-16,21,24-25H,3-4,9,17-20H2,1-2,5-8H3,(H,35,39);1-2H3;/q-1;;+2. The van der Waals surface area contributed by atoms with Gasteiger partial charge in [0.1, 0.15) is 6.54 Å². The largest absolute Gasteiger partial charge is 2.00 e. The van der Waals surface area contributed by atoms with Crippen LogP contribution < -0.4 is 10.2 Å². The van der Waals surface area contributed by atoms with Gasteiger partial charge in [0.25, 0.3) is 5.91 Å². The zero-order valence-electron chi connectivity index (χ0n) is 29.4. The zero-order valence-corrected chi connectivity index (χ0v) is 33.6. The molecule has 11 nitrogen and oxygen atoms in total. The van der Waals surface area contributed by atoms with Crippen molar-refractivity contribution in [1.29, 1.82) is 0 Å². The third-order valence-corrected chi connectivity index (χ3v) is 8.85. The van der Waals surface area contributed by atoms with E-state index in [9.17, 15) is 14.5 Å². The Balaban J connectivity index is 0.00000204. The van der Waals surface area contributed by atoms with Gasteiger partial charge in [-0.05, 0) is 48.9 Å². The molecule has 2 aromatic rings. The van der Waals surface area contributed by atoms with Crippen molar-refractivity contribution < 1.29 is 64.6 Å². The number of nitrogens with zero attached hydrogens (tertiary/aromatic N) is 3. The maximum atomic E-state index is 14.4. The Labute approximate surface area is 308 Å². The van der Waals surface area contributed by atoms with Gasteiger partial charge in [-0.3, -0.25) is 14.5 Å². The van der Waals surface area contributed by atoms with Crippen molar-refractivity contribution in [3.8, 4) is 5.75 Å². The fourth-order valence-electron chi connectivity index (χ4n) is 6.07. The number of hydroxylamine groups is 1. The monoisotopic (exact) mass is 887 g/mol. The first-order chi connectivity index (χ1) is 22.3. The number of benzene rings is 2. The summed E-state index contributed by atoms with van der Waals surface area (Å²) >= 11 is 0. The molecule has 0 spiro atoms. The first-order valence-electron chi connectivity index (χ1n) is 16.3. The molecule has 1 fully saturated rings. The molecule has 0 radical (unpaired) electrons. The van der Waals surface area contributed by atoms with E-state index in [-0.39, 0.29) is 79.8 Å². The van der Waals surface area contributed by atoms with E-state index >= 15 is 0 Å². The fraction of sp³-hybridized carbons (Fsp3) is 0.500. The summed E-state index contributed by atoms with van der Waals surface area (Å²) in [7, 11) is 3.03. The molecule has 48 heavy (non-hydrogen) atoms. The molecule has 12 heteroatoms. The Bertz CT molecular complexity index is 1500. The number of carbonyl (C=O) groups is 2. The van der Waals surface area contributed by atoms with E-state index in [1.807, 2.05) is 26.0 Å². The summed E-state index contributed by atoms with van der Waals surface area (Å²) in [5.41, 5.74) is 0.562. The Morgan fingerprint density at radius 3 is 2.38 bits per heavy atom. The van der Waals surface area contributed by atoms with Gasteiger partial charge in [0.05, 0.1) is 18.1 Å². The summed E-state index contributed by atoms with van der Waals surface area (Å²) in [6, 6.07) is 12.1. The van der Waals surface area contributed by atoms with Crippen LogP contribution in [-0.2, 0) is 25.5 Å². The molecule has 2 heterocycles. The minimum atomic E-state index is -1.52. The van der Waals surface area contributed by atoms with Crippen molar-refractivity contribution >= 4 is 17.6 Å². The Morgan fingerprint density at radius 1 is 1.17 bits per heavy atom. The number of hydrazine groups is 1. The summed E-state index contributed by atoms with van der Waals surface area (Å²) in [6.45, 7) is 19.3. The van der Waals surface area contributed by atoms with Gasteiger partial charge in [-0.25, -0.2) is 5.54 Å². The van der Waals surface area contributed by atoms with E-state index in [2.05, 4.69) is 39.1 Å². The zero-order chi connectivity index (χ0) is 34.7. The van der Waals surface area contributed by atoms with Crippen molar-refractivity contribution in [3.05, 3.63) is 89.2 Å². The van der Waals surface area contributed by atoms with Crippen LogP contribution in [0.3, 0.4) is 0 Å². The summed E-state index contributed by atoms with van der Waals surface area (Å²) in [4.78, 5) is 49.8. The topological polar surface area (TPSA) is 110 Å². The number of nitrogens with one attached hydrogen (secondary N) is 1. The molecule has 2 unspecified atom stereocenters. The number of rotatable bonds is 10. The number of hydrogen-bond donors (Lipinski definition) is 1. The molecule has 1 N–H and O–H groups in total. The number of fused-ring (bicyclic) bond motifs is 1. The van der Waals surface area contributed by atoms with Crippen LogP contribution in [0.2, 0.25) is 0 Å². The van der Waals surface area contributed by atoms with Crippen LogP contribution in [-0.4, -0.2) is 70.9 Å². The number of carbonyl (C=O) groups excluding carboxylic acids is 2. The third kappa shape index (κ3) is 7.87. The predicted molar refractivity (Wildman–Crippen MR) is 178 cm³/mol. The van der Waals surface area contributed by atoms with Crippen LogP contribution in [0.1, 0.15) is 93.8 Å². The minimum absolute atomic E-state index is 0. The molecule has 2 aromatic carbocycles. The molecule has 258 valence electrons. The van der Waals surface area contributed by atoms with Crippen molar-refractivity contribution in [2.45, 2.75) is 96.6 Å². The summed E-state index contributed by atoms with van der Waals surface area (Å²) in [5.74, 6) is 0.202. The molecule has 3 aliphatic rings. The van der Waals surface area contributed by atoms with Gasteiger partial charge in [-0.15, -0.1) is 0 Å². The average Bonchev–Trinajstić information content (AvgIpc) is 3.44. The number of nitroso groups, excluding NO2 is 1. The van der Waals surface area contributed by atoms with Crippen molar-refractivity contribution in [2.75, 3.05) is 20.8 Å². The maximum Gasteiger partial charge on any atom is 2.00 e. The number of amides is 2. The SMILES string of the molecule is CC.[CH2-]C([CH2-])(C)NC(=O)c1ccc(C2=C(OC)C(=O)N(C3CC(OC)C3)C(C)([N+](=O)N3Cc4c(cccc4C(C)CC)O3)CO2)cc1.[U+2]. The molecule has 1 saturated carbocycles. The Kier molecular flexibility index (Phi) is 13.2. The summed E-state index contributed by atoms with van der Waals surface area (Å²) in [6.07, 6.45) is 2.02. The van der Waals surface area contributed by atoms with Crippen LogP contribution in [0, 0.1) is 49.9 Å². The normalized spacial score (nSPS) is 22.4. The van der Waals surface area contributed by atoms with Gasteiger partial charge >= 0.3 is 36.8 Å². The summed E-state index contributed by atoms with van der Waals surface area (Å²) < 4.78 is 17.5. The number of hydrogen-bond acceptors (Lipinski definition) is 7. The Hall–Kier alpha value is -3.07. The summed E-state index contributed by atoms with van der Waals surface area (Å²) in [5, 5.41) is 3.98. The molecule has 1 aliphatic carbocycles. The van der Waals surface area contributed by atoms with Crippen LogP contribution in [0.25, 0.3) is 5.76 Å². The Morgan fingerprint density at radius 2 is 1.81 bits per heavy atom. The second kappa shape index (κ2) is 16.1. The predicted octanol–water partition coefficient (Wildman–Crippen LogP) is 5.95. The second-order valence-corrected chi connectivity index (χ2v) is 12.6. The van der Waals surface area contributed by atoms with Crippen LogP contribution in [0.4, 0.5) is 0 Å². The van der Waals surface area contributed by atoms with E-state index in [1.165, 1.54) is 12.3 Å². The number of ether oxygens (including phenoxy) is 3. The molecule has 2 aliphatic heterocycles. The van der Waals surface area contributed by atoms with Gasteiger partial charge in [-0.1, -0.05) is 58.9 Å². The maximum absolute atomic E-state index is 14.4. The molecular weight excluding hydrogens is 838 g/mol. The van der Waals surface area contributed by atoms with Crippen molar-refractivity contribution in [2.24, 2.45) is 0 Å². The molecule has 0 saturated heterocycles. The van der Waals surface area contributed by atoms with Crippen molar-refractivity contribution in [3.63, 3.8) is 0 Å². The molecular formula is C36H49N4O7U+. The van der Waals surface area contributed by atoms with E-state index in [4.69, 9.17) is 19.0 Å². The van der Waals surface area contributed by atoms with Crippen LogP contribution >= 0.6 is 0 Å². The van der Waals surface area contributed by atoms with Crippen molar-refractivity contribution in [1.82, 2.24) is 15.4 Å². The van der Waals surface area contributed by atoms with E-state index in [0.717, 1.165) is 17.5 Å². The molecule has 2 atom stereocenters. The first kappa shape index (κ1) is 39.4. The number of methoxy groups -OCH3 is 2. The van der Waals surface area contributed by atoms with E-state index < -0.39 is 17.1 Å². The second-order valence-electron chi connectivity index (χ2n) is 12.6. The quantitative estimate of drug-likeness (QED) is 0.231. The molecule has 5 rings (SSSR count). The molecule has 0 bridgehead atoms. The van der Waals surface area contributed by atoms with Gasteiger partial charge in [-0.2, -0.15) is 0 Å². The van der Waals surface area contributed by atoms with Gasteiger partial charge in [0.2, 0.25) is 11.7 Å². The average molecular weight is 888 g/mol. The smallest absolute Gasteiger partial charge is 0.488 e.